The zero-order valence-corrected chi connectivity index (χ0v) is 18.4. The van der Waals surface area contributed by atoms with Crippen LogP contribution in [0.25, 0.3) is 0 Å². The maximum Gasteiger partial charge on any atom is 0.310 e. The summed E-state index contributed by atoms with van der Waals surface area (Å²) in [5, 5.41) is 8.14. The van der Waals surface area contributed by atoms with Gasteiger partial charge in [0.2, 0.25) is 18.1 Å². The van der Waals surface area contributed by atoms with Crippen molar-refractivity contribution in [1.82, 2.24) is 20.9 Å². The van der Waals surface area contributed by atoms with Gasteiger partial charge in [-0.2, -0.15) is 0 Å². The lowest BCUT2D eigenvalue weighted by atomic mass is 10.1. The third kappa shape index (κ3) is 5.50. The molecule has 3 rings (SSSR count). The van der Waals surface area contributed by atoms with E-state index in [1.165, 1.54) is 17.2 Å². The molecule has 31 heavy (non-hydrogen) atoms. The van der Waals surface area contributed by atoms with Gasteiger partial charge >= 0.3 is 5.97 Å². The van der Waals surface area contributed by atoms with Gasteiger partial charge < -0.3 is 30.3 Å². The molecular formula is C19H24Cl2N4O6. The Balaban J connectivity index is 1.56. The van der Waals surface area contributed by atoms with E-state index >= 15 is 0 Å². The fourth-order valence-corrected chi connectivity index (χ4v) is 4.03. The van der Waals surface area contributed by atoms with Crippen molar-refractivity contribution in [2.24, 2.45) is 0 Å². The second kappa shape index (κ2) is 10.3. The summed E-state index contributed by atoms with van der Waals surface area (Å²) >= 11 is 12.0. The van der Waals surface area contributed by atoms with Crippen LogP contribution < -0.4 is 16.0 Å². The number of amides is 3. The Hall–Kier alpha value is -2.30. The Morgan fingerprint density at radius 3 is 2.90 bits per heavy atom. The van der Waals surface area contributed by atoms with Crippen LogP contribution in [0.4, 0.5) is 0 Å². The lowest BCUT2D eigenvalue weighted by molar-refractivity contribution is -0.164. The van der Waals surface area contributed by atoms with Crippen molar-refractivity contribution in [2.75, 3.05) is 19.7 Å². The lowest BCUT2D eigenvalue weighted by Gasteiger charge is -2.26. The highest BCUT2D eigenvalue weighted by atomic mass is 35.5. The van der Waals surface area contributed by atoms with Crippen molar-refractivity contribution in [1.29, 1.82) is 0 Å². The second-order valence-corrected chi connectivity index (χ2v) is 8.03. The van der Waals surface area contributed by atoms with Crippen LogP contribution in [0.2, 0.25) is 0 Å². The summed E-state index contributed by atoms with van der Waals surface area (Å²) < 4.78 is 10.4. The van der Waals surface area contributed by atoms with Gasteiger partial charge in [-0.15, -0.1) is 0 Å². The Bertz CT molecular complexity index is 817. The van der Waals surface area contributed by atoms with Crippen LogP contribution in [0.3, 0.4) is 0 Å². The first-order valence-corrected chi connectivity index (χ1v) is 10.8. The van der Waals surface area contributed by atoms with Crippen LogP contribution in [-0.4, -0.2) is 72.2 Å². The van der Waals surface area contributed by atoms with E-state index in [1.807, 2.05) is 0 Å². The Morgan fingerprint density at radius 2 is 2.16 bits per heavy atom. The first-order chi connectivity index (χ1) is 14.8. The summed E-state index contributed by atoms with van der Waals surface area (Å²) in [7, 11) is 0. The molecule has 4 atom stereocenters. The number of nitrogens with one attached hydrogen (secondary N) is 3. The maximum absolute atomic E-state index is 12.8. The van der Waals surface area contributed by atoms with Crippen molar-refractivity contribution in [3.8, 4) is 0 Å². The minimum Gasteiger partial charge on any atom is -0.433 e. The highest BCUT2D eigenvalue weighted by Gasteiger charge is 2.40. The molecule has 3 N–H and O–H groups in total. The minimum atomic E-state index is -0.840. The zero-order chi connectivity index (χ0) is 22.5. The molecule has 0 aliphatic carbocycles. The summed E-state index contributed by atoms with van der Waals surface area (Å²) in [6, 6.07) is -1.31. The molecule has 2 fully saturated rings. The number of cyclic esters (lactones) is 1. The molecule has 0 radical (unpaired) electrons. The van der Waals surface area contributed by atoms with Gasteiger partial charge in [0.15, 0.2) is 0 Å². The first kappa shape index (κ1) is 23.4. The van der Waals surface area contributed by atoms with Crippen LogP contribution in [0.5, 0.6) is 0 Å². The van der Waals surface area contributed by atoms with E-state index in [-0.39, 0.29) is 29.5 Å². The molecule has 12 heteroatoms. The molecule has 10 nitrogen and oxygen atoms in total. The van der Waals surface area contributed by atoms with Gasteiger partial charge in [-0.3, -0.25) is 19.2 Å². The summed E-state index contributed by atoms with van der Waals surface area (Å²) in [4.78, 5) is 50.8. The number of alkyl halides is 1. The van der Waals surface area contributed by atoms with E-state index in [1.54, 1.807) is 6.92 Å². The van der Waals surface area contributed by atoms with E-state index in [0.29, 0.717) is 26.0 Å². The van der Waals surface area contributed by atoms with Gasteiger partial charge in [0, 0.05) is 13.2 Å². The lowest BCUT2D eigenvalue weighted by Crippen LogP contribution is -2.52. The van der Waals surface area contributed by atoms with E-state index in [2.05, 4.69) is 16.0 Å². The van der Waals surface area contributed by atoms with Gasteiger partial charge in [-0.25, -0.2) is 0 Å². The number of hydrogen-bond donors (Lipinski definition) is 3. The van der Waals surface area contributed by atoms with Gasteiger partial charge in [0.1, 0.15) is 17.6 Å². The predicted molar refractivity (Wildman–Crippen MR) is 111 cm³/mol. The molecule has 3 amide bonds. The molecular weight excluding hydrogens is 451 g/mol. The number of nitrogens with zero attached hydrogens (tertiary/aromatic N) is 1. The molecule has 2 saturated heterocycles. The summed E-state index contributed by atoms with van der Waals surface area (Å²) in [6.07, 6.45) is 3.25. The number of ether oxygens (including phenoxy) is 2. The van der Waals surface area contributed by atoms with Crippen molar-refractivity contribution < 1.29 is 28.7 Å². The number of carbonyl (C=O) groups is 4. The highest BCUT2D eigenvalue weighted by molar-refractivity contribution is 6.39. The van der Waals surface area contributed by atoms with Gasteiger partial charge in [-0.1, -0.05) is 23.2 Å². The largest absolute Gasteiger partial charge is 0.433 e. The van der Waals surface area contributed by atoms with Gasteiger partial charge in [-0.05, 0) is 32.0 Å². The number of likely N-dealkylation sites (tertiary alicyclic amines) is 1. The number of rotatable bonds is 7. The molecule has 0 aromatic carbocycles. The molecule has 0 spiro atoms. The van der Waals surface area contributed by atoms with Crippen molar-refractivity contribution in [2.45, 2.75) is 50.1 Å². The summed E-state index contributed by atoms with van der Waals surface area (Å²) in [6.45, 7) is 2.18. The van der Waals surface area contributed by atoms with E-state index < -0.39 is 41.7 Å². The standard InChI is InChI=1S/C19H24Cl2N4O6/c1-2-30-19-11(8-14(27)31-19)24-18(29)12-4-3-7-25(12)13(26)9-23-17(28)10-5-6-22-16(21)15(10)20/h5-6,11-12,16,19,22H,2-4,7-9H2,1H3,(H,23,28)(H,24,29)/t11-,12-,16?,19+/m0/s1. The molecule has 170 valence electrons. The second-order valence-electron chi connectivity index (χ2n) is 7.18. The van der Waals surface area contributed by atoms with Crippen molar-refractivity contribution in [3.63, 3.8) is 0 Å². The molecule has 0 aromatic heterocycles. The topological polar surface area (TPSA) is 126 Å². The molecule has 3 heterocycles. The third-order valence-electron chi connectivity index (χ3n) is 5.11. The van der Waals surface area contributed by atoms with E-state index in [0.717, 1.165) is 0 Å². The SMILES string of the molecule is CCO[C@@H]1OC(=O)C[C@@H]1NC(=O)[C@@H]1CCCN1C(=O)CNC(=O)C1=C(Cl)C(Cl)NC=C1. The summed E-state index contributed by atoms with van der Waals surface area (Å²) in [5.74, 6) is -1.78. The number of dihydropyridines is 1. The number of halogens is 2. The minimum absolute atomic E-state index is 0.00689. The summed E-state index contributed by atoms with van der Waals surface area (Å²) in [5.41, 5.74) is -0.557. The molecule has 0 bridgehead atoms. The predicted octanol–water partition coefficient (Wildman–Crippen LogP) is 0.0626. The van der Waals surface area contributed by atoms with Crippen LogP contribution >= 0.6 is 23.2 Å². The van der Waals surface area contributed by atoms with Crippen LogP contribution in [0.1, 0.15) is 26.2 Å². The molecule has 1 unspecified atom stereocenters. The molecule has 0 saturated carbocycles. The van der Waals surface area contributed by atoms with E-state index in [9.17, 15) is 19.2 Å². The Kier molecular flexibility index (Phi) is 7.79. The maximum atomic E-state index is 12.8. The zero-order valence-electron chi connectivity index (χ0n) is 16.9. The van der Waals surface area contributed by atoms with Crippen LogP contribution in [-0.2, 0) is 28.7 Å². The Labute approximate surface area is 189 Å². The number of hydrogen-bond acceptors (Lipinski definition) is 7. The molecule has 3 aliphatic rings. The average Bonchev–Trinajstić information content (AvgIpc) is 3.35. The Morgan fingerprint density at radius 1 is 1.39 bits per heavy atom. The van der Waals surface area contributed by atoms with Crippen LogP contribution in [0, 0.1) is 0 Å². The number of esters is 1. The average molecular weight is 475 g/mol. The fourth-order valence-electron chi connectivity index (χ4n) is 3.63. The molecule has 3 aliphatic heterocycles. The highest BCUT2D eigenvalue weighted by Crippen LogP contribution is 2.23. The number of carbonyl (C=O) groups excluding carboxylic acids is 4. The van der Waals surface area contributed by atoms with Crippen LogP contribution in [0.15, 0.2) is 22.9 Å². The third-order valence-corrected chi connectivity index (χ3v) is 5.99. The van der Waals surface area contributed by atoms with Crippen molar-refractivity contribution >= 4 is 46.9 Å². The smallest absolute Gasteiger partial charge is 0.310 e. The quantitative estimate of drug-likeness (QED) is 0.270. The van der Waals surface area contributed by atoms with Crippen molar-refractivity contribution in [3.05, 3.63) is 22.9 Å². The first-order valence-electron chi connectivity index (χ1n) is 9.97. The monoisotopic (exact) mass is 474 g/mol. The normalized spacial score (nSPS) is 27.7. The molecule has 0 aromatic rings. The fraction of sp³-hybridized carbons (Fsp3) is 0.579. The van der Waals surface area contributed by atoms with Gasteiger partial charge in [0.05, 0.1) is 23.6 Å². The van der Waals surface area contributed by atoms with E-state index in [4.69, 9.17) is 32.7 Å². The van der Waals surface area contributed by atoms with Gasteiger partial charge in [0.25, 0.3) is 5.91 Å².